The van der Waals surface area contributed by atoms with E-state index in [-0.39, 0.29) is 0 Å². The Bertz CT molecular complexity index is 736. The maximum atomic E-state index is 12.8. The topological polar surface area (TPSA) is 44.8 Å². The summed E-state index contributed by atoms with van der Waals surface area (Å²) in [5.41, 5.74) is 4.71. The number of hydrogen-bond donors (Lipinski definition) is 0. The summed E-state index contributed by atoms with van der Waals surface area (Å²) in [5, 5.41) is 0.388. The predicted octanol–water partition coefficient (Wildman–Crippen LogP) is 4.83. The molecule has 2 aromatic rings. The molecule has 0 aromatic heterocycles. The van der Waals surface area contributed by atoms with Gasteiger partial charge in [-0.1, -0.05) is 42.5 Å². The number of methoxy groups -OCH3 is 1. The molecule has 0 heterocycles. The first-order valence-corrected chi connectivity index (χ1v) is 8.55. The van der Waals surface area contributed by atoms with Gasteiger partial charge in [-0.2, -0.15) is 0 Å². The minimum atomic E-state index is -3.42. The third-order valence-corrected chi connectivity index (χ3v) is 5.19. The molecule has 0 saturated heterocycles. The summed E-state index contributed by atoms with van der Waals surface area (Å²) in [6, 6.07) is 16.8. The van der Waals surface area contributed by atoms with Crippen LogP contribution < -0.4 is 4.74 Å². The Labute approximate surface area is 136 Å². The molecule has 4 nitrogen and oxygen atoms in total. The molecular weight excluding hydrogens is 311 g/mol. The second-order valence-electron chi connectivity index (χ2n) is 4.64. The highest BCUT2D eigenvalue weighted by Gasteiger charge is 2.28. The SMILES string of the molecule is COc1ccc(C=C=C(c2ccccc2)P(=O)(OC)OC)cc1. The lowest BCUT2D eigenvalue weighted by molar-refractivity contribution is 0.288. The zero-order valence-corrected chi connectivity index (χ0v) is 14.2. The van der Waals surface area contributed by atoms with Crippen molar-refractivity contribution in [1.29, 1.82) is 0 Å². The van der Waals surface area contributed by atoms with Crippen LogP contribution in [0.25, 0.3) is 11.4 Å². The van der Waals surface area contributed by atoms with Gasteiger partial charge < -0.3 is 13.8 Å². The zero-order valence-electron chi connectivity index (χ0n) is 13.4. The maximum Gasteiger partial charge on any atom is 0.369 e. The summed E-state index contributed by atoms with van der Waals surface area (Å²) in [4.78, 5) is 0. The summed E-state index contributed by atoms with van der Waals surface area (Å²) < 4.78 is 28.2. The Morgan fingerprint density at radius 2 is 1.57 bits per heavy atom. The molecule has 0 spiro atoms. The van der Waals surface area contributed by atoms with Gasteiger partial charge >= 0.3 is 7.60 Å². The molecule has 5 heteroatoms. The summed E-state index contributed by atoms with van der Waals surface area (Å²) in [7, 11) is 0.928. The number of hydrogen-bond acceptors (Lipinski definition) is 4. The Morgan fingerprint density at radius 1 is 0.957 bits per heavy atom. The zero-order chi connectivity index (χ0) is 16.7. The molecule has 0 N–H and O–H groups in total. The van der Waals surface area contributed by atoms with Gasteiger partial charge in [0, 0.05) is 14.2 Å². The molecule has 0 atom stereocenters. The molecule has 0 radical (unpaired) electrons. The average molecular weight is 330 g/mol. The Morgan fingerprint density at radius 3 is 2.09 bits per heavy atom. The monoisotopic (exact) mass is 330 g/mol. The highest BCUT2D eigenvalue weighted by atomic mass is 31.2. The molecule has 2 rings (SSSR count). The summed E-state index contributed by atoms with van der Waals surface area (Å²) in [5.74, 6) is 0.772. The second-order valence-corrected chi connectivity index (χ2v) is 6.81. The smallest absolute Gasteiger partial charge is 0.369 e. The molecule has 0 aliphatic rings. The second kappa shape index (κ2) is 7.96. The van der Waals surface area contributed by atoms with Crippen molar-refractivity contribution in [2.24, 2.45) is 0 Å². The van der Waals surface area contributed by atoms with Crippen LogP contribution in [0.1, 0.15) is 11.1 Å². The molecular formula is C18H19O4P. The molecule has 2 aromatic carbocycles. The largest absolute Gasteiger partial charge is 0.497 e. The fourth-order valence-electron chi connectivity index (χ4n) is 2.03. The van der Waals surface area contributed by atoms with E-state index in [1.807, 2.05) is 54.6 Å². The fraction of sp³-hybridized carbons (Fsp3) is 0.167. The van der Waals surface area contributed by atoms with Crippen LogP contribution in [0.4, 0.5) is 0 Å². The van der Waals surface area contributed by atoms with Gasteiger partial charge in [-0.15, -0.1) is 5.73 Å². The van der Waals surface area contributed by atoms with Crippen molar-refractivity contribution in [3.63, 3.8) is 0 Å². The number of benzene rings is 2. The van der Waals surface area contributed by atoms with E-state index >= 15 is 0 Å². The standard InChI is InChI=1S/C18H19O4P/c1-20-17-12-9-15(10-13-17)11-14-18(23(19,21-2)22-3)16-7-5-4-6-8-16/h4-13H,1-3H3. The third-order valence-electron chi connectivity index (χ3n) is 3.29. The molecule has 0 fully saturated rings. The van der Waals surface area contributed by atoms with Crippen LogP contribution in [-0.2, 0) is 13.6 Å². The van der Waals surface area contributed by atoms with Crippen molar-refractivity contribution < 1.29 is 18.3 Å². The van der Waals surface area contributed by atoms with Gasteiger partial charge in [0.1, 0.15) is 11.1 Å². The molecule has 23 heavy (non-hydrogen) atoms. The van der Waals surface area contributed by atoms with Crippen LogP contribution >= 0.6 is 7.60 Å². The van der Waals surface area contributed by atoms with Crippen molar-refractivity contribution >= 4 is 19.0 Å². The Kier molecular flexibility index (Phi) is 5.97. The van der Waals surface area contributed by atoms with E-state index in [0.717, 1.165) is 16.9 Å². The molecule has 120 valence electrons. The van der Waals surface area contributed by atoms with Gasteiger partial charge in [-0.25, -0.2) is 0 Å². The van der Waals surface area contributed by atoms with Gasteiger partial charge in [0.25, 0.3) is 0 Å². The van der Waals surface area contributed by atoms with Gasteiger partial charge in [-0.05, 0) is 29.3 Å². The quantitative estimate of drug-likeness (QED) is 0.562. The first-order valence-electron chi connectivity index (χ1n) is 7.01. The van der Waals surface area contributed by atoms with Gasteiger partial charge in [-0.3, -0.25) is 4.57 Å². The number of rotatable bonds is 6. The molecule has 0 saturated carbocycles. The van der Waals surface area contributed by atoms with E-state index in [0.29, 0.717) is 5.31 Å². The van der Waals surface area contributed by atoms with E-state index in [4.69, 9.17) is 13.8 Å². The van der Waals surface area contributed by atoms with Crippen LogP contribution in [0.5, 0.6) is 5.75 Å². The first kappa shape index (κ1) is 17.3. The minimum Gasteiger partial charge on any atom is -0.497 e. The molecule has 0 bridgehead atoms. The highest BCUT2D eigenvalue weighted by Crippen LogP contribution is 2.58. The predicted molar refractivity (Wildman–Crippen MR) is 92.4 cm³/mol. The summed E-state index contributed by atoms with van der Waals surface area (Å²) >= 11 is 0. The van der Waals surface area contributed by atoms with Crippen LogP contribution in [0, 0.1) is 0 Å². The van der Waals surface area contributed by atoms with Gasteiger partial charge in [0.2, 0.25) is 0 Å². The fourth-order valence-corrected chi connectivity index (χ4v) is 3.23. The molecule has 0 aliphatic heterocycles. The molecule has 0 unspecified atom stereocenters. The Hall–Kier alpha value is -2.09. The lowest BCUT2D eigenvalue weighted by Crippen LogP contribution is -1.92. The Balaban J connectivity index is 2.52. The van der Waals surface area contributed by atoms with E-state index in [9.17, 15) is 4.57 Å². The normalized spacial score (nSPS) is 10.7. The van der Waals surface area contributed by atoms with Crippen molar-refractivity contribution in [2.45, 2.75) is 0 Å². The average Bonchev–Trinajstić information content (AvgIpc) is 2.63. The van der Waals surface area contributed by atoms with E-state index in [1.165, 1.54) is 14.2 Å². The minimum absolute atomic E-state index is 0.388. The van der Waals surface area contributed by atoms with Crippen LogP contribution in [-0.4, -0.2) is 21.3 Å². The van der Waals surface area contributed by atoms with Crippen molar-refractivity contribution in [2.75, 3.05) is 21.3 Å². The summed E-state index contributed by atoms with van der Waals surface area (Å²) in [6.45, 7) is 0. The third kappa shape index (κ3) is 4.22. The lowest BCUT2D eigenvalue weighted by atomic mass is 10.2. The van der Waals surface area contributed by atoms with Crippen molar-refractivity contribution in [1.82, 2.24) is 0 Å². The lowest BCUT2D eigenvalue weighted by Gasteiger charge is -2.15. The highest BCUT2D eigenvalue weighted by molar-refractivity contribution is 7.65. The van der Waals surface area contributed by atoms with Crippen LogP contribution in [0.2, 0.25) is 0 Å². The molecule has 0 aliphatic carbocycles. The summed E-state index contributed by atoms with van der Waals surface area (Å²) in [6.07, 6.45) is 1.74. The first-order chi connectivity index (χ1) is 11.1. The molecule has 0 amide bonds. The maximum absolute atomic E-state index is 12.8. The van der Waals surface area contributed by atoms with Crippen LogP contribution in [0.15, 0.2) is 60.3 Å². The van der Waals surface area contributed by atoms with Crippen molar-refractivity contribution in [3.8, 4) is 5.75 Å². The van der Waals surface area contributed by atoms with Gasteiger partial charge in [0.15, 0.2) is 0 Å². The van der Waals surface area contributed by atoms with Gasteiger partial charge in [0.05, 0.1) is 7.11 Å². The van der Waals surface area contributed by atoms with Crippen molar-refractivity contribution in [3.05, 3.63) is 71.5 Å². The van der Waals surface area contributed by atoms with Crippen LogP contribution in [0.3, 0.4) is 0 Å². The number of ether oxygens (including phenoxy) is 1. The van der Waals surface area contributed by atoms with E-state index in [2.05, 4.69) is 5.73 Å². The van der Waals surface area contributed by atoms with E-state index < -0.39 is 7.60 Å². The van der Waals surface area contributed by atoms with E-state index in [1.54, 1.807) is 13.2 Å².